The molecule has 1 rings (SSSR count). The average Bonchev–Trinajstić information content (AvgIpc) is 2.15. The molecular formula is C9H15N3O. The molecule has 1 aromatic heterocycles. The molecule has 72 valence electrons. The number of nitrogens with one attached hydrogen (secondary N) is 1. The zero-order valence-electron chi connectivity index (χ0n) is 7.79. The lowest BCUT2D eigenvalue weighted by Gasteiger charge is -2.05. The normalized spacial score (nSPS) is 10.2. The van der Waals surface area contributed by atoms with Gasteiger partial charge in [0.15, 0.2) is 0 Å². The van der Waals surface area contributed by atoms with Gasteiger partial charge < -0.3 is 15.8 Å². The number of ether oxygens (including phenoxy) is 1. The van der Waals surface area contributed by atoms with E-state index in [1.165, 1.54) is 0 Å². The van der Waals surface area contributed by atoms with Crippen LogP contribution in [0, 0.1) is 0 Å². The third kappa shape index (κ3) is 3.40. The Bertz CT molecular complexity index is 252. The van der Waals surface area contributed by atoms with Gasteiger partial charge in [0, 0.05) is 43.8 Å². The molecule has 0 aliphatic heterocycles. The van der Waals surface area contributed by atoms with E-state index in [4.69, 9.17) is 10.5 Å². The van der Waals surface area contributed by atoms with Crippen molar-refractivity contribution in [1.82, 2.24) is 10.3 Å². The first-order valence-electron chi connectivity index (χ1n) is 4.22. The zero-order valence-corrected chi connectivity index (χ0v) is 7.79. The van der Waals surface area contributed by atoms with Crippen molar-refractivity contribution in [3.63, 3.8) is 0 Å². The van der Waals surface area contributed by atoms with Gasteiger partial charge in [0.2, 0.25) is 0 Å². The van der Waals surface area contributed by atoms with Crippen molar-refractivity contribution in [2.24, 2.45) is 0 Å². The second kappa shape index (κ2) is 5.50. The van der Waals surface area contributed by atoms with Crippen molar-refractivity contribution in [3.8, 4) is 0 Å². The van der Waals surface area contributed by atoms with E-state index in [-0.39, 0.29) is 0 Å². The first-order valence-corrected chi connectivity index (χ1v) is 4.22. The smallest absolute Gasteiger partial charge is 0.0587 e. The van der Waals surface area contributed by atoms with E-state index in [0.717, 1.165) is 24.3 Å². The van der Waals surface area contributed by atoms with Gasteiger partial charge in [-0.15, -0.1) is 0 Å². The van der Waals surface area contributed by atoms with E-state index in [0.29, 0.717) is 6.61 Å². The fourth-order valence-electron chi connectivity index (χ4n) is 0.983. The van der Waals surface area contributed by atoms with Gasteiger partial charge in [-0.1, -0.05) is 0 Å². The van der Waals surface area contributed by atoms with Gasteiger partial charge in [-0.2, -0.15) is 0 Å². The second-order valence-corrected chi connectivity index (χ2v) is 2.74. The van der Waals surface area contributed by atoms with E-state index in [2.05, 4.69) is 10.3 Å². The molecule has 1 heterocycles. The lowest BCUT2D eigenvalue weighted by molar-refractivity contribution is 0.199. The molecular weight excluding hydrogens is 166 g/mol. The molecule has 3 N–H and O–H groups in total. The summed E-state index contributed by atoms with van der Waals surface area (Å²) in [6.07, 6.45) is 3.46. The van der Waals surface area contributed by atoms with Gasteiger partial charge in [-0.3, -0.25) is 4.98 Å². The summed E-state index contributed by atoms with van der Waals surface area (Å²) < 4.78 is 4.90. The number of nitrogens with zero attached hydrogens (tertiary/aromatic N) is 1. The molecule has 0 radical (unpaired) electrons. The molecule has 0 aliphatic rings. The Morgan fingerprint density at radius 2 is 2.46 bits per heavy atom. The summed E-state index contributed by atoms with van der Waals surface area (Å²) >= 11 is 0. The van der Waals surface area contributed by atoms with Crippen molar-refractivity contribution in [2.45, 2.75) is 6.54 Å². The maximum Gasteiger partial charge on any atom is 0.0587 e. The lowest BCUT2D eigenvalue weighted by Crippen LogP contribution is -2.19. The van der Waals surface area contributed by atoms with Crippen LogP contribution in [0.4, 0.5) is 5.69 Å². The van der Waals surface area contributed by atoms with Crippen LogP contribution in [0.15, 0.2) is 18.5 Å². The van der Waals surface area contributed by atoms with Crippen molar-refractivity contribution >= 4 is 5.69 Å². The number of nitrogen functional groups attached to an aromatic ring is 1. The maximum absolute atomic E-state index is 5.72. The van der Waals surface area contributed by atoms with Gasteiger partial charge in [0.05, 0.1) is 6.61 Å². The molecule has 0 unspecified atom stereocenters. The number of hydrogen-bond donors (Lipinski definition) is 2. The van der Waals surface area contributed by atoms with E-state index >= 15 is 0 Å². The standard InChI is InChI=1S/C9H15N3O/c1-13-5-4-12-7-8-6-11-3-2-9(8)10/h2-3,6,12H,4-5,7H2,1H3,(H2,10,11). The van der Waals surface area contributed by atoms with Crippen LogP contribution in [0.25, 0.3) is 0 Å². The molecule has 0 bridgehead atoms. The Balaban J connectivity index is 2.32. The first kappa shape index (κ1) is 9.95. The molecule has 0 fully saturated rings. The predicted octanol–water partition coefficient (Wildman–Crippen LogP) is 0.400. The van der Waals surface area contributed by atoms with Gasteiger partial charge in [0.1, 0.15) is 0 Å². The predicted molar refractivity (Wildman–Crippen MR) is 52.2 cm³/mol. The Kier molecular flexibility index (Phi) is 4.21. The summed E-state index contributed by atoms with van der Waals surface area (Å²) in [5.74, 6) is 0. The molecule has 4 nitrogen and oxygen atoms in total. The molecule has 1 aromatic rings. The number of pyridine rings is 1. The molecule has 0 amide bonds. The van der Waals surface area contributed by atoms with Crippen LogP contribution in [0.2, 0.25) is 0 Å². The summed E-state index contributed by atoms with van der Waals surface area (Å²) in [6.45, 7) is 2.27. The highest BCUT2D eigenvalue weighted by Gasteiger charge is 1.96. The highest BCUT2D eigenvalue weighted by molar-refractivity contribution is 5.44. The molecule has 0 saturated heterocycles. The number of anilines is 1. The summed E-state index contributed by atoms with van der Waals surface area (Å²) in [6, 6.07) is 1.80. The largest absolute Gasteiger partial charge is 0.398 e. The molecule has 13 heavy (non-hydrogen) atoms. The molecule has 0 spiro atoms. The SMILES string of the molecule is COCCNCc1cnccc1N. The number of hydrogen-bond acceptors (Lipinski definition) is 4. The molecule has 0 aliphatic carbocycles. The summed E-state index contributed by atoms with van der Waals surface area (Å²) in [5.41, 5.74) is 7.53. The zero-order chi connectivity index (χ0) is 9.52. The van der Waals surface area contributed by atoms with Crippen molar-refractivity contribution in [3.05, 3.63) is 24.0 Å². The van der Waals surface area contributed by atoms with Crippen LogP contribution in [-0.4, -0.2) is 25.2 Å². The van der Waals surface area contributed by atoms with Crippen LogP contribution in [0.1, 0.15) is 5.56 Å². The molecule has 0 atom stereocenters. The summed E-state index contributed by atoms with van der Waals surface area (Å²) in [5, 5.41) is 3.20. The van der Waals surface area contributed by atoms with Gasteiger partial charge in [0.25, 0.3) is 0 Å². The average molecular weight is 181 g/mol. The minimum absolute atomic E-state index is 0.708. The van der Waals surface area contributed by atoms with Crippen molar-refractivity contribution < 1.29 is 4.74 Å². The number of aromatic nitrogens is 1. The Morgan fingerprint density at radius 3 is 3.15 bits per heavy atom. The third-order valence-electron chi connectivity index (χ3n) is 1.74. The molecule has 4 heteroatoms. The van der Waals surface area contributed by atoms with Gasteiger partial charge in [-0.05, 0) is 6.07 Å². The fourth-order valence-corrected chi connectivity index (χ4v) is 0.983. The fraction of sp³-hybridized carbons (Fsp3) is 0.444. The second-order valence-electron chi connectivity index (χ2n) is 2.74. The number of nitrogens with two attached hydrogens (primary N) is 1. The topological polar surface area (TPSA) is 60.2 Å². The quantitative estimate of drug-likeness (QED) is 0.645. The third-order valence-corrected chi connectivity index (χ3v) is 1.74. The molecule has 0 saturated carbocycles. The number of rotatable bonds is 5. The summed E-state index contributed by atoms with van der Waals surface area (Å²) in [4.78, 5) is 3.99. The lowest BCUT2D eigenvalue weighted by atomic mass is 10.2. The van der Waals surface area contributed by atoms with Gasteiger partial charge in [-0.25, -0.2) is 0 Å². The van der Waals surface area contributed by atoms with E-state index in [1.54, 1.807) is 25.6 Å². The molecule has 0 aromatic carbocycles. The first-order chi connectivity index (χ1) is 6.34. The Labute approximate surface area is 78.1 Å². The van der Waals surface area contributed by atoms with Crippen LogP contribution in [-0.2, 0) is 11.3 Å². The summed E-state index contributed by atoms with van der Waals surface area (Å²) in [7, 11) is 1.68. The van der Waals surface area contributed by atoms with Crippen molar-refractivity contribution in [1.29, 1.82) is 0 Å². The van der Waals surface area contributed by atoms with E-state index < -0.39 is 0 Å². The van der Waals surface area contributed by atoms with Crippen LogP contribution < -0.4 is 11.1 Å². The van der Waals surface area contributed by atoms with E-state index in [1.807, 2.05) is 0 Å². The highest BCUT2D eigenvalue weighted by Crippen LogP contribution is 2.07. The van der Waals surface area contributed by atoms with Crippen molar-refractivity contribution in [2.75, 3.05) is 26.0 Å². The Morgan fingerprint density at radius 1 is 1.62 bits per heavy atom. The minimum Gasteiger partial charge on any atom is -0.398 e. The van der Waals surface area contributed by atoms with Crippen LogP contribution in [0.3, 0.4) is 0 Å². The Hall–Kier alpha value is -1.13. The highest BCUT2D eigenvalue weighted by atomic mass is 16.5. The maximum atomic E-state index is 5.72. The monoisotopic (exact) mass is 181 g/mol. The van der Waals surface area contributed by atoms with E-state index in [9.17, 15) is 0 Å². The van der Waals surface area contributed by atoms with Crippen LogP contribution in [0.5, 0.6) is 0 Å². The van der Waals surface area contributed by atoms with Crippen LogP contribution >= 0.6 is 0 Å². The minimum atomic E-state index is 0.708. The van der Waals surface area contributed by atoms with Gasteiger partial charge >= 0.3 is 0 Å². The number of methoxy groups -OCH3 is 1.